The molecule has 0 N–H and O–H groups in total. The zero-order valence-corrected chi connectivity index (χ0v) is 18.6. The van der Waals surface area contributed by atoms with Gasteiger partial charge >= 0.3 is 5.97 Å². The fraction of sp³-hybridized carbons (Fsp3) is 0.269. The van der Waals surface area contributed by atoms with Crippen LogP contribution >= 0.6 is 0 Å². The number of carbonyl (C=O) groups is 3. The van der Waals surface area contributed by atoms with Crippen LogP contribution in [0.3, 0.4) is 0 Å². The number of Topliss-reactive ketones (excluding diaryl/α,β-unsaturated/α-hetero) is 1. The summed E-state index contributed by atoms with van der Waals surface area (Å²) in [6.45, 7) is 1.99. The van der Waals surface area contributed by atoms with Gasteiger partial charge in [-0.3, -0.25) is 14.4 Å². The zero-order valence-electron chi connectivity index (χ0n) is 18.6. The second kappa shape index (κ2) is 10.6. The van der Waals surface area contributed by atoms with Crippen molar-refractivity contribution in [2.45, 2.75) is 26.3 Å². The second-order valence-electron chi connectivity index (χ2n) is 7.75. The van der Waals surface area contributed by atoms with Crippen LogP contribution in [-0.4, -0.2) is 43.3 Å². The molecule has 0 saturated carbocycles. The van der Waals surface area contributed by atoms with Gasteiger partial charge in [0.2, 0.25) is 0 Å². The van der Waals surface area contributed by atoms with Crippen molar-refractivity contribution in [1.82, 2.24) is 4.90 Å². The topological polar surface area (TPSA) is 72.9 Å². The lowest BCUT2D eigenvalue weighted by molar-refractivity contribution is -0.151. The third kappa shape index (κ3) is 6.17. The van der Waals surface area contributed by atoms with Gasteiger partial charge in [0.25, 0.3) is 5.91 Å². The number of rotatable bonds is 9. The number of hydrogen-bond acceptors (Lipinski definition) is 5. The summed E-state index contributed by atoms with van der Waals surface area (Å²) in [6.07, 6.45) is -0.00829. The Morgan fingerprint density at radius 2 is 1.56 bits per heavy atom. The van der Waals surface area contributed by atoms with Crippen LogP contribution in [0, 0.1) is 6.92 Å². The summed E-state index contributed by atoms with van der Waals surface area (Å²) in [6, 6.07) is 19.0. The Morgan fingerprint density at radius 1 is 0.875 bits per heavy atom. The number of ether oxygens (including phenoxy) is 2. The number of methoxy groups -OCH3 is 1. The van der Waals surface area contributed by atoms with Gasteiger partial charge in [-0.05, 0) is 41.5 Å². The number of esters is 1. The number of benzene rings is 3. The monoisotopic (exact) mass is 433 g/mol. The van der Waals surface area contributed by atoms with E-state index >= 15 is 0 Å². The van der Waals surface area contributed by atoms with Crippen molar-refractivity contribution in [3.63, 3.8) is 0 Å². The van der Waals surface area contributed by atoms with Crippen LogP contribution in [0.4, 0.5) is 0 Å². The van der Waals surface area contributed by atoms with Gasteiger partial charge in [0.1, 0.15) is 5.75 Å². The third-order valence-electron chi connectivity index (χ3n) is 5.24. The zero-order chi connectivity index (χ0) is 23.1. The van der Waals surface area contributed by atoms with E-state index in [0.29, 0.717) is 12.1 Å². The van der Waals surface area contributed by atoms with Crippen molar-refractivity contribution in [2.75, 3.05) is 20.8 Å². The van der Waals surface area contributed by atoms with Crippen molar-refractivity contribution < 1.29 is 23.9 Å². The van der Waals surface area contributed by atoms with E-state index in [1.807, 2.05) is 55.5 Å². The standard InChI is InChI=1S/C26H27NO5/c1-18-4-7-20(8-5-18)24(28)12-13-26(30)32-17-25(29)27(2)16-19-6-9-22-15-23(31-3)11-10-21(22)14-19/h4-11,14-15H,12-13,16-17H2,1-3H3. The molecule has 0 spiro atoms. The van der Waals surface area contributed by atoms with Crippen molar-refractivity contribution in [2.24, 2.45) is 0 Å². The van der Waals surface area contributed by atoms with Gasteiger partial charge in [0.15, 0.2) is 12.4 Å². The Balaban J connectivity index is 1.45. The van der Waals surface area contributed by atoms with Crippen LogP contribution in [0.2, 0.25) is 0 Å². The molecule has 0 aliphatic carbocycles. The number of aryl methyl sites for hydroxylation is 1. The SMILES string of the molecule is COc1ccc2cc(CN(C)C(=O)COC(=O)CCC(=O)c3ccc(C)cc3)ccc2c1. The minimum absolute atomic E-state index is 0.0494. The highest BCUT2D eigenvalue weighted by Gasteiger charge is 2.15. The molecule has 0 radical (unpaired) electrons. The molecule has 1 amide bonds. The third-order valence-corrected chi connectivity index (χ3v) is 5.24. The van der Waals surface area contributed by atoms with Gasteiger partial charge in [-0.15, -0.1) is 0 Å². The van der Waals surface area contributed by atoms with E-state index in [0.717, 1.165) is 27.6 Å². The first-order valence-corrected chi connectivity index (χ1v) is 10.4. The van der Waals surface area contributed by atoms with Crippen molar-refractivity contribution in [3.8, 4) is 5.75 Å². The Bertz CT molecular complexity index is 1120. The van der Waals surface area contributed by atoms with Crippen LogP contribution < -0.4 is 4.74 Å². The number of carbonyl (C=O) groups excluding carboxylic acids is 3. The molecule has 0 aliphatic rings. The Kier molecular flexibility index (Phi) is 7.60. The molecule has 0 bridgehead atoms. The van der Waals surface area contributed by atoms with Crippen LogP contribution in [-0.2, 0) is 20.9 Å². The number of hydrogen-bond donors (Lipinski definition) is 0. The maximum Gasteiger partial charge on any atom is 0.306 e. The van der Waals surface area contributed by atoms with Crippen molar-refractivity contribution >= 4 is 28.4 Å². The van der Waals surface area contributed by atoms with Crippen LogP contribution in [0.25, 0.3) is 10.8 Å². The molecule has 0 atom stereocenters. The Morgan fingerprint density at radius 3 is 2.28 bits per heavy atom. The summed E-state index contributed by atoms with van der Waals surface area (Å²) >= 11 is 0. The van der Waals surface area contributed by atoms with E-state index in [9.17, 15) is 14.4 Å². The second-order valence-corrected chi connectivity index (χ2v) is 7.75. The highest BCUT2D eigenvalue weighted by atomic mass is 16.5. The average Bonchev–Trinajstić information content (AvgIpc) is 2.80. The Labute approximate surface area is 187 Å². The lowest BCUT2D eigenvalue weighted by Crippen LogP contribution is -2.30. The highest BCUT2D eigenvalue weighted by Crippen LogP contribution is 2.22. The fourth-order valence-electron chi connectivity index (χ4n) is 3.28. The number of ketones is 1. The number of fused-ring (bicyclic) bond motifs is 1. The van der Waals surface area contributed by atoms with Gasteiger partial charge < -0.3 is 14.4 Å². The van der Waals surface area contributed by atoms with E-state index in [4.69, 9.17) is 9.47 Å². The predicted octanol–water partition coefficient (Wildman–Crippen LogP) is 4.32. The molecule has 3 rings (SSSR count). The lowest BCUT2D eigenvalue weighted by Gasteiger charge is -2.17. The molecule has 6 heteroatoms. The summed E-state index contributed by atoms with van der Waals surface area (Å²) in [4.78, 5) is 38.0. The number of likely N-dealkylation sites (N-methyl/N-ethyl adjacent to an activating group) is 1. The maximum atomic E-state index is 12.4. The highest BCUT2D eigenvalue weighted by molar-refractivity contribution is 5.97. The smallest absolute Gasteiger partial charge is 0.306 e. The molecule has 6 nitrogen and oxygen atoms in total. The normalized spacial score (nSPS) is 10.6. The van der Waals surface area contributed by atoms with Crippen molar-refractivity contribution in [3.05, 3.63) is 77.4 Å². The Hall–Kier alpha value is -3.67. The van der Waals surface area contributed by atoms with Gasteiger partial charge in [-0.25, -0.2) is 0 Å². The molecule has 0 unspecified atom stereocenters. The average molecular weight is 434 g/mol. The van der Waals surface area contributed by atoms with E-state index in [1.54, 1.807) is 26.3 Å². The lowest BCUT2D eigenvalue weighted by atomic mass is 10.1. The quantitative estimate of drug-likeness (QED) is 0.371. The molecule has 0 saturated heterocycles. The number of nitrogens with zero attached hydrogens (tertiary/aromatic N) is 1. The summed E-state index contributed by atoms with van der Waals surface area (Å²) in [5.74, 6) is -0.204. The molecule has 0 fully saturated rings. The van der Waals surface area contributed by atoms with Gasteiger partial charge in [0, 0.05) is 25.6 Å². The van der Waals surface area contributed by atoms with Crippen molar-refractivity contribution in [1.29, 1.82) is 0 Å². The van der Waals surface area contributed by atoms with E-state index in [1.165, 1.54) is 4.90 Å². The minimum atomic E-state index is -0.563. The van der Waals surface area contributed by atoms with Crippen LogP contribution in [0.1, 0.15) is 34.3 Å². The summed E-state index contributed by atoms with van der Waals surface area (Å²) in [7, 11) is 3.29. The maximum absolute atomic E-state index is 12.4. The minimum Gasteiger partial charge on any atom is -0.497 e. The molecule has 166 valence electrons. The van der Waals surface area contributed by atoms with Gasteiger partial charge in [0.05, 0.1) is 13.5 Å². The van der Waals surface area contributed by atoms with Gasteiger partial charge in [-0.1, -0.05) is 48.0 Å². The van der Waals surface area contributed by atoms with E-state index in [-0.39, 0.29) is 31.1 Å². The van der Waals surface area contributed by atoms with Gasteiger partial charge in [-0.2, -0.15) is 0 Å². The van der Waals surface area contributed by atoms with E-state index in [2.05, 4.69) is 0 Å². The summed E-state index contributed by atoms with van der Waals surface area (Å²) in [5, 5.41) is 2.10. The predicted molar refractivity (Wildman–Crippen MR) is 123 cm³/mol. The summed E-state index contributed by atoms with van der Waals surface area (Å²) < 4.78 is 10.3. The molecule has 3 aromatic carbocycles. The molecule has 0 heterocycles. The molecule has 32 heavy (non-hydrogen) atoms. The van der Waals surface area contributed by atoms with Crippen LogP contribution in [0.15, 0.2) is 60.7 Å². The first kappa shape index (κ1) is 23.0. The van der Waals surface area contributed by atoms with E-state index < -0.39 is 5.97 Å². The number of amides is 1. The first-order chi connectivity index (χ1) is 15.4. The molecule has 0 aliphatic heterocycles. The fourth-order valence-corrected chi connectivity index (χ4v) is 3.28. The molecule has 0 aromatic heterocycles. The first-order valence-electron chi connectivity index (χ1n) is 10.4. The molecular formula is C26H27NO5. The molecular weight excluding hydrogens is 406 g/mol. The summed E-state index contributed by atoms with van der Waals surface area (Å²) in [5.41, 5.74) is 2.59. The largest absolute Gasteiger partial charge is 0.497 e. The van der Waals surface area contributed by atoms with Crippen LogP contribution in [0.5, 0.6) is 5.75 Å². The molecule has 3 aromatic rings.